The molecular formula is C18H18ClN3O2S. The van der Waals surface area contributed by atoms with Crippen molar-refractivity contribution in [1.82, 2.24) is 9.62 Å². The van der Waals surface area contributed by atoms with E-state index < -0.39 is 10.0 Å². The van der Waals surface area contributed by atoms with Crippen LogP contribution in [0.1, 0.15) is 22.7 Å². The molecule has 5 nitrogen and oxygen atoms in total. The molecule has 130 valence electrons. The highest BCUT2D eigenvalue weighted by molar-refractivity contribution is 7.89. The summed E-state index contributed by atoms with van der Waals surface area (Å²) in [6.07, 6.45) is 0. The molecule has 0 saturated carbocycles. The first kappa shape index (κ1) is 17.9. The van der Waals surface area contributed by atoms with E-state index >= 15 is 0 Å². The second-order valence-electron chi connectivity index (χ2n) is 5.95. The zero-order chi connectivity index (χ0) is 18.0. The van der Waals surface area contributed by atoms with Crippen LogP contribution >= 0.6 is 11.6 Å². The smallest absolute Gasteiger partial charge is 0.245 e. The zero-order valence-electron chi connectivity index (χ0n) is 13.7. The highest BCUT2D eigenvalue weighted by Gasteiger charge is 2.36. The number of nitriles is 1. The van der Waals surface area contributed by atoms with Gasteiger partial charge in [-0.1, -0.05) is 35.9 Å². The number of nitrogens with zero attached hydrogens (tertiary/aromatic N) is 2. The van der Waals surface area contributed by atoms with Crippen molar-refractivity contribution in [2.75, 3.05) is 19.6 Å². The van der Waals surface area contributed by atoms with Crippen molar-refractivity contribution in [2.24, 2.45) is 0 Å². The molecule has 0 radical (unpaired) electrons. The van der Waals surface area contributed by atoms with Crippen molar-refractivity contribution in [3.8, 4) is 6.07 Å². The Morgan fingerprint density at radius 2 is 2.04 bits per heavy atom. The number of piperazine rings is 1. The Morgan fingerprint density at radius 1 is 1.28 bits per heavy atom. The van der Waals surface area contributed by atoms with Gasteiger partial charge in [0.15, 0.2) is 0 Å². The van der Waals surface area contributed by atoms with Gasteiger partial charge >= 0.3 is 0 Å². The third-order valence-corrected chi connectivity index (χ3v) is 6.55. The standard InChI is InChI=1S/C18H18ClN3O2S/c1-13-4-2-7-18(16(13)11-20)25(23,24)22-9-8-21-12-17(22)14-5-3-6-15(19)10-14/h2-7,10,17,21H,8-9,12H2,1H3. The van der Waals surface area contributed by atoms with Crippen LogP contribution in [-0.2, 0) is 10.0 Å². The topological polar surface area (TPSA) is 73.2 Å². The summed E-state index contributed by atoms with van der Waals surface area (Å²) >= 11 is 6.08. The van der Waals surface area contributed by atoms with Gasteiger partial charge in [0.25, 0.3) is 0 Å². The minimum Gasteiger partial charge on any atom is -0.313 e. The normalized spacial score (nSPS) is 18.7. The van der Waals surface area contributed by atoms with Gasteiger partial charge in [0, 0.05) is 24.7 Å². The first-order valence-corrected chi connectivity index (χ1v) is 9.74. The molecule has 1 atom stereocenters. The summed E-state index contributed by atoms with van der Waals surface area (Å²) in [5.41, 5.74) is 1.68. The number of hydrogen-bond acceptors (Lipinski definition) is 4. The molecule has 3 rings (SSSR count). The van der Waals surface area contributed by atoms with E-state index in [1.807, 2.05) is 18.2 Å². The molecule has 1 unspecified atom stereocenters. The van der Waals surface area contributed by atoms with Gasteiger partial charge in [-0.25, -0.2) is 8.42 Å². The molecule has 1 heterocycles. The lowest BCUT2D eigenvalue weighted by Gasteiger charge is -2.35. The van der Waals surface area contributed by atoms with Crippen LogP contribution < -0.4 is 5.32 Å². The second-order valence-corrected chi connectivity index (χ2v) is 8.25. The summed E-state index contributed by atoms with van der Waals surface area (Å²) in [5.74, 6) is 0. The molecule has 1 N–H and O–H groups in total. The first-order valence-electron chi connectivity index (χ1n) is 7.93. The van der Waals surface area contributed by atoms with Crippen molar-refractivity contribution in [2.45, 2.75) is 17.9 Å². The Hall–Kier alpha value is -1.91. The summed E-state index contributed by atoms with van der Waals surface area (Å²) in [5, 5.41) is 13.2. The number of nitrogens with one attached hydrogen (secondary N) is 1. The van der Waals surface area contributed by atoms with Crippen molar-refractivity contribution >= 4 is 21.6 Å². The van der Waals surface area contributed by atoms with Crippen LogP contribution in [0.2, 0.25) is 5.02 Å². The van der Waals surface area contributed by atoms with E-state index in [2.05, 4.69) is 5.32 Å². The maximum Gasteiger partial charge on any atom is 0.245 e. The summed E-state index contributed by atoms with van der Waals surface area (Å²) in [4.78, 5) is 0.0592. The van der Waals surface area contributed by atoms with Gasteiger partial charge in [0.2, 0.25) is 10.0 Å². The molecule has 0 spiro atoms. The van der Waals surface area contributed by atoms with Crippen molar-refractivity contribution in [3.05, 3.63) is 64.2 Å². The molecule has 0 aromatic heterocycles. The Kier molecular flexibility index (Phi) is 5.11. The van der Waals surface area contributed by atoms with E-state index in [0.29, 0.717) is 30.2 Å². The van der Waals surface area contributed by atoms with Crippen molar-refractivity contribution < 1.29 is 8.42 Å². The van der Waals surface area contributed by atoms with Crippen LogP contribution in [0.3, 0.4) is 0 Å². The minimum absolute atomic E-state index is 0.0592. The van der Waals surface area contributed by atoms with Crippen LogP contribution in [0.4, 0.5) is 0 Å². The summed E-state index contributed by atoms with van der Waals surface area (Å²) in [6.45, 7) is 3.12. The fraction of sp³-hybridized carbons (Fsp3) is 0.278. The van der Waals surface area contributed by atoms with E-state index in [9.17, 15) is 13.7 Å². The van der Waals surface area contributed by atoms with Crippen molar-refractivity contribution in [3.63, 3.8) is 0 Å². The molecule has 0 bridgehead atoms. The van der Waals surface area contributed by atoms with Crippen LogP contribution in [0.25, 0.3) is 0 Å². The second kappa shape index (κ2) is 7.14. The highest BCUT2D eigenvalue weighted by atomic mass is 35.5. The third-order valence-electron chi connectivity index (χ3n) is 4.36. The lowest BCUT2D eigenvalue weighted by Crippen LogP contribution is -2.48. The molecule has 25 heavy (non-hydrogen) atoms. The average Bonchev–Trinajstić information content (AvgIpc) is 2.61. The predicted octanol–water partition coefficient (Wildman–Crippen LogP) is 2.86. The largest absolute Gasteiger partial charge is 0.313 e. The van der Waals surface area contributed by atoms with Crippen LogP contribution in [0.5, 0.6) is 0 Å². The molecule has 1 aliphatic rings. The van der Waals surface area contributed by atoms with E-state index in [0.717, 1.165) is 5.56 Å². The highest BCUT2D eigenvalue weighted by Crippen LogP contribution is 2.31. The molecular weight excluding hydrogens is 358 g/mol. The summed E-state index contributed by atoms with van der Waals surface area (Å²) in [7, 11) is -3.81. The minimum atomic E-state index is -3.81. The fourth-order valence-corrected chi connectivity index (χ4v) is 5.13. The van der Waals surface area contributed by atoms with Gasteiger partial charge in [0.05, 0.1) is 11.6 Å². The number of sulfonamides is 1. The predicted molar refractivity (Wildman–Crippen MR) is 96.8 cm³/mol. The SMILES string of the molecule is Cc1cccc(S(=O)(=O)N2CCNCC2c2cccc(Cl)c2)c1C#N. The first-order chi connectivity index (χ1) is 11.9. The maximum atomic E-state index is 13.3. The third kappa shape index (κ3) is 3.42. The molecule has 1 aliphatic heterocycles. The fourth-order valence-electron chi connectivity index (χ4n) is 3.10. The number of rotatable bonds is 3. The van der Waals surface area contributed by atoms with E-state index in [1.54, 1.807) is 31.2 Å². The molecule has 0 aliphatic carbocycles. The Balaban J connectivity index is 2.09. The Labute approximate surface area is 152 Å². The van der Waals surface area contributed by atoms with Crippen molar-refractivity contribution in [1.29, 1.82) is 5.26 Å². The number of benzene rings is 2. The molecule has 1 saturated heterocycles. The lowest BCUT2D eigenvalue weighted by molar-refractivity contribution is 0.271. The van der Waals surface area contributed by atoms with E-state index in [-0.39, 0.29) is 16.5 Å². The van der Waals surface area contributed by atoms with E-state index in [4.69, 9.17) is 11.6 Å². The van der Waals surface area contributed by atoms with Gasteiger partial charge in [-0.3, -0.25) is 0 Å². The molecule has 7 heteroatoms. The average molecular weight is 376 g/mol. The maximum absolute atomic E-state index is 13.3. The quantitative estimate of drug-likeness (QED) is 0.895. The van der Waals surface area contributed by atoms with Crippen LogP contribution in [0.15, 0.2) is 47.4 Å². The number of halogens is 1. The number of aryl methyl sites for hydroxylation is 1. The van der Waals surface area contributed by atoms with Crippen LogP contribution in [-0.4, -0.2) is 32.4 Å². The van der Waals surface area contributed by atoms with Crippen LogP contribution in [0, 0.1) is 18.3 Å². The molecule has 2 aromatic rings. The van der Waals surface area contributed by atoms with Gasteiger partial charge < -0.3 is 5.32 Å². The van der Waals surface area contributed by atoms with Gasteiger partial charge in [-0.2, -0.15) is 9.57 Å². The van der Waals surface area contributed by atoms with E-state index in [1.165, 1.54) is 10.4 Å². The Morgan fingerprint density at radius 3 is 2.76 bits per heavy atom. The lowest BCUT2D eigenvalue weighted by atomic mass is 10.1. The molecule has 1 fully saturated rings. The monoisotopic (exact) mass is 375 g/mol. The Bertz CT molecular complexity index is 938. The van der Waals surface area contributed by atoms with Gasteiger partial charge in [-0.05, 0) is 36.2 Å². The molecule has 0 amide bonds. The van der Waals surface area contributed by atoms with Gasteiger partial charge in [0.1, 0.15) is 11.0 Å². The summed E-state index contributed by atoms with van der Waals surface area (Å²) in [6, 6.07) is 13.8. The molecule has 2 aromatic carbocycles. The number of hydrogen-bond donors (Lipinski definition) is 1. The van der Waals surface area contributed by atoms with Gasteiger partial charge in [-0.15, -0.1) is 0 Å². The zero-order valence-corrected chi connectivity index (χ0v) is 15.3. The summed E-state index contributed by atoms with van der Waals surface area (Å²) < 4.78 is 28.1.